The lowest BCUT2D eigenvalue weighted by atomic mass is 10.0. The fourth-order valence-corrected chi connectivity index (χ4v) is 3.79. The van der Waals surface area contributed by atoms with E-state index in [-0.39, 0.29) is 6.03 Å². The van der Waals surface area contributed by atoms with E-state index < -0.39 is 0 Å². The molecular weight excluding hydrogens is 322 g/mol. The number of anilines is 1. The van der Waals surface area contributed by atoms with Crippen LogP contribution in [-0.4, -0.2) is 25.2 Å². The number of rotatable bonds is 6. The van der Waals surface area contributed by atoms with Crippen LogP contribution >= 0.6 is 0 Å². The average molecular weight is 360 g/mol. The van der Waals surface area contributed by atoms with Gasteiger partial charge in [-0.05, 0) is 80.8 Å². The minimum atomic E-state index is -0.0579. The molecule has 1 atom stereocenters. The number of carbonyl (C=O) groups is 1. The number of amides is 2. The van der Waals surface area contributed by atoms with E-state index in [1.165, 1.54) is 62.7 Å². The molecule has 1 fully saturated rings. The van der Waals surface area contributed by atoms with E-state index in [0.29, 0.717) is 12.0 Å². The van der Waals surface area contributed by atoms with Crippen molar-refractivity contribution in [2.45, 2.75) is 84.1 Å². The normalized spacial score (nSPS) is 18.8. The number of hydrogen-bond acceptors (Lipinski definition) is 2. The molecule has 146 valence electrons. The van der Waals surface area contributed by atoms with Crippen molar-refractivity contribution in [3.8, 4) is 0 Å². The summed E-state index contributed by atoms with van der Waals surface area (Å²) in [5, 5.41) is 9.31. The Balaban J connectivity index is 0.000000298. The van der Waals surface area contributed by atoms with E-state index in [0.717, 1.165) is 18.5 Å². The van der Waals surface area contributed by atoms with Gasteiger partial charge in [0, 0.05) is 11.7 Å². The number of benzene rings is 1. The maximum Gasteiger partial charge on any atom is 0.319 e. The van der Waals surface area contributed by atoms with Crippen LogP contribution in [0.15, 0.2) is 18.2 Å². The molecule has 4 nitrogen and oxygen atoms in total. The molecule has 2 amide bonds. The third-order valence-electron chi connectivity index (χ3n) is 5.33. The smallest absolute Gasteiger partial charge is 0.319 e. The Labute approximate surface area is 159 Å². The van der Waals surface area contributed by atoms with Crippen LogP contribution in [-0.2, 0) is 6.42 Å². The van der Waals surface area contributed by atoms with Crippen molar-refractivity contribution in [1.82, 2.24) is 10.6 Å². The minimum Gasteiger partial charge on any atom is -0.335 e. The number of aryl methyl sites for hydroxylation is 1. The molecule has 0 spiro atoms. The second-order valence-electron chi connectivity index (χ2n) is 7.68. The summed E-state index contributed by atoms with van der Waals surface area (Å²) < 4.78 is 0. The van der Waals surface area contributed by atoms with Crippen molar-refractivity contribution >= 4 is 11.7 Å². The summed E-state index contributed by atoms with van der Waals surface area (Å²) in [7, 11) is 0. The SMILES string of the molecule is CC1CCc2ccc(NC(=O)NC3CCCC3)cc21.CCCNCCC. The number of urea groups is 1. The van der Waals surface area contributed by atoms with Crippen LogP contribution in [0, 0.1) is 0 Å². The summed E-state index contributed by atoms with van der Waals surface area (Å²) in [6.45, 7) is 8.97. The quantitative estimate of drug-likeness (QED) is 0.612. The molecule has 1 aromatic carbocycles. The van der Waals surface area contributed by atoms with Gasteiger partial charge in [0.2, 0.25) is 0 Å². The lowest BCUT2D eigenvalue weighted by Crippen LogP contribution is -2.36. The van der Waals surface area contributed by atoms with E-state index in [1.807, 2.05) is 6.07 Å². The van der Waals surface area contributed by atoms with Crippen LogP contribution in [0.2, 0.25) is 0 Å². The molecule has 0 radical (unpaired) electrons. The molecule has 26 heavy (non-hydrogen) atoms. The summed E-state index contributed by atoms with van der Waals surface area (Å²) >= 11 is 0. The molecule has 1 saturated carbocycles. The van der Waals surface area contributed by atoms with Gasteiger partial charge in [0.15, 0.2) is 0 Å². The van der Waals surface area contributed by atoms with Gasteiger partial charge in [-0.2, -0.15) is 0 Å². The van der Waals surface area contributed by atoms with E-state index in [2.05, 4.69) is 48.9 Å². The van der Waals surface area contributed by atoms with E-state index in [9.17, 15) is 4.79 Å². The number of nitrogens with one attached hydrogen (secondary N) is 3. The Morgan fingerprint density at radius 3 is 2.42 bits per heavy atom. The van der Waals surface area contributed by atoms with E-state index in [4.69, 9.17) is 0 Å². The van der Waals surface area contributed by atoms with Crippen molar-refractivity contribution < 1.29 is 4.79 Å². The Bertz CT molecular complexity index is 548. The third-order valence-corrected chi connectivity index (χ3v) is 5.33. The monoisotopic (exact) mass is 359 g/mol. The number of carbonyl (C=O) groups excluding carboxylic acids is 1. The summed E-state index contributed by atoms with van der Waals surface area (Å²) in [6.07, 6.45) is 9.62. The Morgan fingerprint density at radius 1 is 1.08 bits per heavy atom. The van der Waals surface area contributed by atoms with Gasteiger partial charge in [0.05, 0.1) is 0 Å². The first-order chi connectivity index (χ1) is 12.6. The highest BCUT2D eigenvalue weighted by Crippen LogP contribution is 2.34. The molecule has 4 heteroatoms. The summed E-state index contributed by atoms with van der Waals surface area (Å²) in [5.74, 6) is 0.620. The van der Waals surface area contributed by atoms with Gasteiger partial charge in [0.25, 0.3) is 0 Å². The molecule has 3 rings (SSSR count). The van der Waals surface area contributed by atoms with E-state index >= 15 is 0 Å². The first-order valence-corrected chi connectivity index (χ1v) is 10.5. The van der Waals surface area contributed by atoms with Gasteiger partial charge in [-0.3, -0.25) is 0 Å². The Hall–Kier alpha value is -1.55. The van der Waals surface area contributed by atoms with Gasteiger partial charge in [-0.15, -0.1) is 0 Å². The predicted octanol–water partition coefficient (Wildman–Crippen LogP) is 5.20. The largest absolute Gasteiger partial charge is 0.335 e. The van der Waals surface area contributed by atoms with Crippen molar-refractivity contribution in [3.63, 3.8) is 0 Å². The zero-order valence-corrected chi connectivity index (χ0v) is 16.9. The topological polar surface area (TPSA) is 53.2 Å². The minimum absolute atomic E-state index is 0.0579. The Morgan fingerprint density at radius 2 is 1.77 bits per heavy atom. The molecule has 2 aliphatic rings. The molecule has 1 aromatic rings. The highest BCUT2D eigenvalue weighted by atomic mass is 16.2. The van der Waals surface area contributed by atoms with E-state index in [1.54, 1.807) is 0 Å². The highest BCUT2D eigenvalue weighted by Gasteiger charge is 2.20. The number of hydrogen-bond donors (Lipinski definition) is 3. The predicted molar refractivity (Wildman–Crippen MR) is 111 cm³/mol. The first-order valence-electron chi connectivity index (χ1n) is 10.5. The lowest BCUT2D eigenvalue weighted by molar-refractivity contribution is 0.248. The summed E-state index contributed by atoms with van der Waals surface area (Å²) in [4.78, 5) is 11.9. The fourth-order valence-electron chi connectivity index (χ4n) is 3.79. The molecule has 1 unspecified atom stereocenters. The van der Waals surface area contributed by atoms with Crippen LogP contribution < -0.4 is 16.0 Å². The fraction of sp³-hybridized carbons (Fsp3) is 0.682. The lowest BCUT2D eigenvalue weighted by Gasteiger charge is -2.14. The van der Waals surface area contributed by atoms with Crippen LogP contribution in [0.4, 0.5) is 10.5 Å². The maximum absolute atomic E-state index is 11.9. The molecule has 3 N–H and O–H groups in total. The molecule has 0 saturated heterocycles. The van der Waals surface area contributed by atoms with Crippen LogP contribution in [0.5, 0.6) is 0 Å². The second-order valence-corrected chi connectivity index (χ2v) is 7.68. The highest BCUT2D eigenvalue weighted by molar-refractivity contribution is 5.89. The standard InChI is InChI=1S/C16H22N2O.C6H15N/c1-11-6-7-12-8-9-14(10-15(11)12)18-16(19)17-13-4-2-3-5-13;1-3-5-7-6-4-2/h8-11,13H,2-7H2,1H3,(H2,17,18,19);7H,3-6H2,1-2H3. The average Bonchev–Trinajstić information content (AvgIpc) is 3.26. The summed E-state index contributed by atoms with van der Waals surface area (Å²) in [6, 6.07) is 6.63. The van der Waals surface area contributed by atoms with Crippen molar-refractivity contribution in [3.05, 3.63) is 29.3 Å². The van der Waals surface area contributed by atoms with Crippen LogP contribution in [0.1, 0.15) is 82.8 Å². The van der Waals surface area contributed by atoms with Gasteiger partial charge in [-0.25, -0.2) is 4.79 Å². The number of fused-ring (bicyclic) bond motifs is 1. The van der Waals surface area contributed by atoms with Crippen molar-refractivity contribution in [1.29, 1.82) is 0 Å². The molecule has 0 aromatic heterocycles. The van der Waals surface area contributed by atoms with Gasteiger partial charge < -0.3 is 16.0 Å². The van der Waals surface area contributed by atoms with Gasteiger partial charge >= 0.3 is 6.03 Å². The zero-order valence-electron chi connectivity index (χ0n) is 16.9. The van der Waals surface area contributed by atoms with Crippen molar-refractivity contribution in [2.24, 2.45) is 0 Å². The zero-order chi connectivity index (χ0) is 18.8. The molecule has 0 bridgehead atoms. The summed E-state index contributed by atoms with van der Waals surface area (Å²) in [5.41, 5.74) is 3.76. The second kappa shape index (κ2) is 11.2. The molecule has 2 aliphatic carbocycles. The first kappa shape index (κ1) is 20.8. The molecule has 0 aliphatic heterocycles. The van der Waals surface area contributed by atoms with Gasteiger partial charge in [-0.1, -0.05) is 39.7 Å². The van der Waals surface area contributed by atoms with Gasteiger partial charge in [0.1, 0.15) is 0 Å². The third kappa shape index (κ3) is 6.64. The molecular formula is C22H37N3O. The maximum atomic E-state index is 11.9. The molecule has 0 heterocycles. The van der Waals surface area contributed by atoms with Crippen molar-refractivity contribution in [2.75, 3.05) is 18.4 Å². The van der Waals surface area contributed by atoms with Crippen LogP contribution in [0.3, 0.4) is 0 Å². The van der Waals surface area contributed by atoms with Crippen LogP contribution in [0.25, 0.3) is 0 Å². The Kier molecular flexibility index (Phi) is 8.96.